The Bertz CT molecular complexity index is 3180. The lowest BCUT2D eigenvalue weighted by Gasteiger charge is -2.51. The van der Waals surface area contributed by atoms with Gasteiger partial charge in [-0.2, -0.15) is 0 Å². The quantitative estimate of drug-likeness (QED) is 0.161. The molecule has 0 amide bonds. The third-order valence-corrected chi connectivity index (χ3v) is 18.7. The Morgan fingerprint density at radius 3 is 1.62 bits per heavy atom. The molecule has 6 aromatic carbocycles. The maximum Gasteiger partial charge on any atom is 0.256 e. The van der Waals surface area contributed by atoms with Gasteiger partial charge in [0.1, 0.15) is 17.5 Å². The minimum atomic E-state index is -0.0801. The van der Waals surface area contributed by atoms with Gasteiger partial charge in [0.05, 0.1) is 5.69 Å². The van der Waals surface area contributed by atoms with Crippen LogP contribution in [-0.2, 0) is 27.1 Å². The molecule has 1 aromatic heterocycles. The molecular formula is C64H67BN4. The van der Waals surface area contributed by atoms with Gasteiger partial charge in [-0.15, -0.1) is 0 Å². The molecule has 0 spiro atoms. The van der Waals surface area contributed by atoms with Crippen molar-refractivity contribution in [1.82, 2.24) is 9.97 Å². The predicted octanol–water partition coefficient (Wildman–Crippen LogP) is 14.8. The van der Waals surface area contributed by atoms with Crippen LogP contribution >= 0.6 is 0 Å². The number of rotatable bonds is 5. The molecule has 3 heterocycles. The summed E-state index contributed by atoms with van der Waals surface area (Å²) in [6.45, 7) is 19.9. The Labute approximate surface area is 411 Å². The summed E-state index contributed by atoms with van der Waals surface area (Å²) in [5.41, 5.74) is 19.7. The average molecular weight is 903 g/mol. The van der Waals surface area contributed by atoms with E-state index in [2.05, 4.69) is 199 Å². The van der Waals surface area contributed by atoms with Crippen LogP contribution in [0.4, 0.5) is 34.4 Å². The number of benzene rings is 6. The summed E-state index contributed by atoms with van der Waals surface area (Å²) in [5.74, 6) is 4.04. The molecule has 0 atom stereocenters. The van der Waals surface area contributed by atoms with Gasteiger partial charge >= 0.3 is 0 Å². The lowest BCUT2D eigenvalue weighted by molar-refractivity contribution is 0.128. The van der Waals surface area contributed by atoms with Crippen LogP contribution in [0.15, 0.2) is 133 Å². The second-order valence-electron chi connectivity index (χ2n) is 24.7. The number of fused-ring (bicyclic) bond motifs is 10. The zero-order valence-electron chi connectivity index (χ0n) is 42.2. The first-order chi connectivity index (χ1) is 33.1. The molecule has 3 saturated carbocycles. The van der Waals surface area contributed by atoms with Crippen LogP contribution in [0, 0.1) is 5.92 Å². The van der Waals surface area contributed by atoms with Crippen LogP contribution in [0.25, 0.3) is 22.3 Å². The van der Waals surface area contributed by atoms with Crippen molar-refractivity contribution in [1.29, 1.82) is 0 Å². The molecule has 0 N–H and O–H groups in total. The summed E-state index contributed by atoms with van der Waals surface area (Å²) in [6.07, 6.45) is 11.9. The molecule has 0 radical (unpaired) electrons. The molecule has 0 saturated heterocycles. The second kappa shape index (κ2) is 15.0. The molecule has 14 rings (SSSR count). The highest BCUT2D eigenvalue weighted by atomic mass is 15.3. The lowest BCUT2D eigenvalue weighted by atomic mass is 9.33. The minimum absolute atomic E-state index is 0.0264. The van der Waals surface area contributed by atoms with Gasteiger partial charge in [0.2, 0.25) is 0 Å². The van der Waals surface area contributed by atoms with E-state index in [4.69, 9.17) is 9.97 Å². The molecule has 7 aliphatic rings. The van der Waals surface area contributed by atoms with Crippen LogP contribution in [0.2, 0.25) is 0 Å². The molecule has 5 aliphatic carbocycles. The van der Waals surface area contributed by atoms with Crippen LogP contribution < -0.4 is 26.2 Å². The van der Waals surface area contributed by atoms with E-state index in [9.17, 15) is 0 Å². The van der Waals surface area contributed by atoms with Gasteiger partial charge in [-0.25, -0.2) is 9.97 Å². The molecule has 346 valence electrons. The van der Waals surface area contributed by atoms with E-state index in [1.165, 1.54) is 104 Å². The highest BCUT2D eigenvalue weighted by Gasteiger charge is 2.53. The normalized spacial score (nSPS) is 22.8. The van der Waals surface area contributed by atoms with Crippen molar-refractivity contribution in [3.05, 3.63) is 162 Å². The van der Waals surface area contributed by atoms with E-state index < -0.39 is 0 Å². The summed E-state index contributed by atoms with van der Waals surface area (Å²) in [7, 11) is 0. The maximum absolute atomic E-state index is 6.24. The van der Waals surface area contributed by atoms with Crippen molar-refractivity contribution >= 4 is 57.5 Å². The van der Waals surface area contributed by atoms with Gasteiger partial charge in [0.15, 0.2) is 0 Å². The molecule has 3 fully saturated rings. The van der Waals surface area contributed by atoms with Crippen molar-refractivity contribution in [2.45, 2.75) is 147 Å². The molecule has 7 aromatic rings. The van der Waals surface area contributed by atoms with Crippen LogP contribution in [0.3, 0.4) is 0 Å². The topological polar surface area (TPSA) is 32.3 Å². The van der Waals surface area contributed by atoms with Crippen molar-refractivity contribution < 1.29 is 0 Å². The second-order valence-corrected chi connectivity index (χ2v) is 24.7. The monoisotopic (exact) mass is 903 g/mol. The molecule has 4 nitrogen and oxygen atoms in total. The zero-order chi connectivity index (χ0) is 47.2. The largest absolute Gasteiger partial charge is 0.296 e. The molecule has 5 heteroatoms. The Balaban J connectivity index is 1.18. The number of aromatic nitrogens is 2. The number of anilines is 6. The summed E-state index contributed by atoms with van der Waals surface area (Å²) >= 11 is 0. The maximum atomic E-state index is 6.24. The fraction of sp³-hybridized carbons (Fsp3) is 0.375. The van der Waals surface area contributed by atoms with Crippen LogP contribution in [0.1, 0.15) is 148 Å². The van der Waals surface area contributed by atoms with Crippen molar-refractivity contribution in [2.24, 2.45) is 5.92 Å². The van der Waals surface area contributed by atoms with Gasteiger partial charge in [-0.05, 0) is 171 Å². The molecule has 2 aliphatic heterocycles. The third-order valence-electron chi connectivity index (χ3n) is 18.7. The van der Waals surface area contributed by atoms with E-state index in [1.807, 2.05) is 0 Å². The molecule has 0 unspecified atom stereocenters. The van der Waals surface area contributed by atoms with Gasteiger partial charge in [-0.3, -0.25) is 9.80 Å². The predicted molar refractivity (Wildman–Crippen MR) is 290 cm³/mol. The number of hydrogen-bond donors (Lipinski definition) is 0. The number of nitrogens with zero attached hydrogens (tertiary/aromatic N) is 4. The first kappa shape index (κ1) is 43.1. The van der Waals surface area contributed by atoms with Crippen molar-refractivity contribution in [3.8, 4) is 22.3 Å². The van der Waals surface area contributed by atoms with Gasteiger partial charge in [0.25, 0.3) is 6.71 Å². The van der Waals surface area contributed by atoms with E-state index >= 15 is 0 Å². The Morgan fingerprint density at radius 2 is 0.986 bits per heavy atom. The smallest absolute Gasteiger partial charge is 0.256 e. The van der Waals surface area contributed by atoms with E-state index in [0.717, 1.165) is 67.6 Å². The van der Waals surface area contributed by atoms with E-state index in [1.54, 1.807) is 0 Å². The minimum Gasteiger partial charge on any atom is -0.296 e. The lowest BCUT2D eigenvalue weighted by Crippen LogP contribution is -2.63. The average Bonchev–Trinajstić information content (AvgIpc) is 3.37. The fourth-order valence-electron chi connectivity index (χ4n) is 14.4. The third kappa shape index (κ3) is 6.47. The highest BCUT2D eigenvalue weighted by molar-refractivity contribution is 7.00. The molecule has 69 heavy (non-hydrogen) atoms. The first-order valence-electron chi connectivity index (χ1n) is 26.3. The fourth-order valence-corrected chi connectivity index (χ4v) is 14.4. The van der Waals surface area contributed by atoms with Crippen LogP contribution in [-0.4, -0.2) is 16.7 Å². The van der Waals surface area contributed by atoms with Gasteiger partial charge in [-0.1, -0.05) is 165 Å². The van der Waals surface area contributed by atoms with E-state index in [0.29, 0.717) is 0 Å². The standard InChI is InChI=1S/C64H67BN4/c1-60(2)36-38-62(5,6)53-47(60)20-15-21-52(53)69-56-49(28-27-48-54(56)63(7,8)39-37-61(48,3)4)65-50-40-45(43-18-13-10-14-19-43)24-29-51(50)68(46-25-22-44(23-26-46)42-16-11-9-12-17-42)57-55(65)58(69)67-59(66-57)64-33-30-41(31-34-64)32-35-64/h9-29,40-41H,30-39H2,1-8H3. The summed E-state index contributed by atoms with van der Waals surface area (Å²) in [4.78, 5) is 17.6. The molecule has 2 bridgehead atoms. The molecular weight excluding hydrogens is 836 g/mol. The van der Waals surface area contributed by atoms with Gasteiger partial charge in [0, 0.05) is 27.9 Å². The summed E-state index contributed by atoms with van der Waals surface area (Å²) in [5, 5.41) is 0. The summed E-state index contributed by atoms with van der Waals surface area (Å²) < 4.78 is 0. The van der Waals surface area contributed by atoms with Crippen LogP contribution in [0.5, 0.6) is 0 Å². The highest BCUT2D eigenvalue weighted by Crippen LogP contribution is 2.58. The van der Waals surface area contributed by atoms with E-state index in [-0.39, 0.29) is 33.8 Å². The number of hydrogen-bond acceptors (Lipinski definition) is 4. The van der Waals surface area contributed by atoms with Gasteiger partial charge < -0.3 is 0 Å². The zero-order valence-corrected chi connectivity index (χ0v) is 42.2. The SMILES string of the molecule is CC1(C)CCC(C)(C)c2c(N3c4nc(C56CCC(CC5)CC6)nc5c4B(c4cc(-c6ccccc6)ccc4N5c4ccc(-c5ccccc5)cc4)c4ccc5c(c43)C(C)(C)CCC5(C)C)cccc21. The first-order valence-corrected chi connectivity index (χ1v) is 26.3. The van der Waals surface area contributed by atoms with Crippen molar-refractivity contribution in [3.63, 3.8) is 0 Å². The Kier molecular flexibility index (Phi) is 9.39. The Hall–Kier alpha value is -5.94. The van der Waals surface area contributed by atoms with Crippen molar-refractivity contribution in [2.75, 3.05) is 9.80 Å². The Morgan fingerprint density at radius 1 is 0.449 bits per heavy atom. The summed E-state index contributed by atoms with van der Waals surface area (Å²) in [6, 6.07) is 50.7.